The van der Waals surface area contributed by atoms with Gasteiger partial charge in [0.15, 0.2) is 0 Å². The van der Waals surface area contributed by atoms with E-state index < -0.39 is 0 Å². The Balaban J connectivity index is 2.00. The number of benzene rings is 1. The van der Waals surface area contributed by atoms with Gasteiger partial charge in [-0.15, -0.1) is 0 Å². The molecule has 3 heteroatoms. The van der Waals surface area contributed by atoms with Crippen LogP contribution in [0.5, 0.6) is 0 Å². The van der Waals surface area contributed by atoms with Gasteiger partial charge in [-0.3, -0.25) is 0 Å². The third kappa shape index (κ3) is 2.80. The van der Waals surface area contributed by atoms with Crippen molar-refractivity contribution in [3.8, 4) is 0 Å². The zero-order valence-corrected chi connectivity index (χ0v) is 9.76. The molecule has 0 aliphatic heterocycles. The van der Waals surface area contributed by atoms with E-state index in [1.807, 2.05) is 22.8 Å². The van der Waals surface area contributed by atoms with E-state index in [-0.39, 0.29) is 0 Å². The largest absolute Gasteiger partial charge is 0.321 e. The zero-order valence-electron chi connectivity index (χ0n) is 8.18. The summed E-state index contributed by atoms with van der Waals surface area (Å²) in [6.45, 7) is 0.829. The second kappa shape index (κ2) is 4.94. The Morgan fingerprint density at radius 1 is 1.27 bits per heavy atom. The van der Waals surface area contributed by atoms with Gasteiger partial charge in [-0.05, 0) is 21.5 Å². The number of rotatable bonds is 3. The lowest BCUT2D eigenvalue weighted by molar-refractivity contribution is 0.804. The number of halogens is 1. The van der Waals surface area contributed by atoms with Crippen molar-refractivity contribution in [2.24, 2.45) is 0 Å². The molecule has 0 spiro atoms. The molecule has 1 heterocycles. The molecule has 1 aromatic carbocycles. The van der Waals surface area contributed by atoms with Crippen molar-refractivity contribution in [2.75, 3.05) is 0 Å². The number of nitrogens with zero attached hydrogens (tertiary/aromatic N) is 2. The zero-order chi connectivity index (χ0) is 10.5. The van der Waals surface area contributed by atoms with E-state index in [2.05, 4.69) is 45.2 Å². The van der Waals surface area contributed by atoms with E-state index in [0.29, 0.717) is 0 Å². The highest BCUT2D eigenvalue weighted by atomic mass is 79.9. The average Bonchev–Trinajstić information content (AvgIpc) is 2.66. The van der Waals surface area contributed by atoms with Gasteiger partial charge in [0.2, 0.25) is 0 Å². The summed E-state index contributed by atoms with van der Waals surface area (Å²) in [4.78, 5) is 4.03. The van der Waals surface area contributed by atoms with Crippen LogP contribution >= 0.6 is 15.9 Å². The number of imidazole rings is 1. The van der Waals surface area contributed by atoms with Crippen LogP contribution in [-0.4, -0.2) is 9.55 Å². The molecule has 76 valence electrons. The minimum Gasteiger partial charge on any atom is -0.321 e. The lowest BCUT2D eigenvalue weighted by atomic mass is 10.2. The van der Waals surface area contributed by atoms with E-state index in [9.17, 15) is 0 Å². The summed E-state index contributed by atoms with van der Waals surface area (Å²) in [7, 11) is 0. The molecule has 0 aliphatic carbocycles. The van der Waals surface area contributed by atoms with Crippen LogP contribution in [0.2, 0.25) is 0 Å². The first-order chi connectivity index (χ1) is 7.36. The van der Waals surface area contributed by atoms with Crippen molar-refractivity contribution < 1.29 is 0 Å². The summed E-state index contributed by atoms with van der Waals surface area (Å²) in [5, 5.41) is 0. The van der Waals surface area contributed by atoms with Crippen molar-refractivity contribution in [1.29, 1.82) is 0 Å². The molecule has 0 radical (unpaired) electrons. The van der Waals surface area contributed by atoms with Gasteiger partial charge in [0.1, 0.15) is 4.60 Å². The normalized spacial score (nSPS) is 11.0. The van der Waals surface area contributed by atoms with Gasteiger partial charge < -0.3 is 4.57 Å². The molecule has 0 saturated heterocycles. The molecular weight excluding hydrogens is 252 g/mol. The molecule has 0 saturated carbocycles. The minimum absolute atomic E-state index is 0.829. The van der Waals surface area contributed by atoms with E-state index in [1.54, 1.807) is 12.5 Å². The van der Waals surface area contributed by atoms with Crippen molar-refractivity contribution in [1.82, 2.24) is 9.55 Å². The predicted octanol–water partition coefficient (Wildman–Crippen LogP) is 3.36. The van der Waals surface area contributed by atoms with Gasteiger partial charge in [0.25, 0.3) is 0 Å². The van der Waals surface area contributed by atoms with Gasteiger partial charge in [0, 0.05) is 6.54 Å². The molecule has 0 amide bonds. The van der Waals surface area contributed by atoms with E-state index in [0.717, 1.165) is 11.1 Å². The smallest absolute Gasteiger partial charge is 0.105 e. The van der Waals surface area contributed by atoms with Crippen molar-refractivity contribution in [2.45, 2.75) is 6.54 Å². The van der Waals surface area contributed by atoms with Gasteiger partial charge in [-0.2, -0.15) is 0 Å². The molecule has 0 fully saturated rings. The van der Waals surface area contributed by atoms with Crippen molar-refractivity contribution >= 4 is 22.0 Å². The van der Waals surface area contributed by atoms with Crippen LogP contribution in [-0.2, 0) is 6.54 Å². The van der Waals surface area contributed by atoms with Gasteiger partial charge in [-0.1, -0.05) is 42.5 Å². The average molecular weight is 263 g/mol. The third-order valence-corrected chi connectivity index (χ3v) is 2.73. The SMILES string of the molecule is Brc1cncn1C/C=C/c1ccccc1. The molecular formula is C12H11BrN2. The molecule has 0 atom stereocenters. The quantitative estimate of drug-likeness (QED) is 0.830. The summed E-state index contributed by atoms with van der Waals surface area (Å²) >= 11 is 3.42. The van der Waals surface area contributed by atoms with E-state index in [1.165, 1.54) is 5.56 Å². The second-order valence-corrected chi connectivity index (χ2v) is 3.99. The molecule has 2 rings (SSSR count). The second-order valence-electron chi connectivity index (χ2n) is 3.18. The van der Waals surface area contributed by atoms with Gasteiger partial charge >= 0.3 is 0 Å². The topological polar surface area (TPSA) is 17.8 Å². The van der Waals surface area contributed by atoms with Gasteiger partial charge in [-0.25, -0.2) is 4.98 Å². The summed E-state index contributed by atoms with van der Waals surface area (Å²) in [6, 6.07) is 10.3. The molecule has 0 aliphatic rings. The fourth-order valence-electron chi connectivity index (χ4n) is 1.31. The van der Waals surface area contributed by atoms with Crippen molar-refractivity contribution in [3.63, 3.8) is 0 Å². The summed E-state index contributed by atoms with van der Waals surface area (Å²) in [5.41, 5.74) is 1.22. The van der Waals surface area contributed by atoms with Crippen LogP contribution in [0, 0.1) is 0 Å². The monoisotopic (exact) mass is 262 g/mol. The molecule has 1 aromatic heterocycles. The molecule has 2 aromatic rings. The Morgan fingerprint density at radius 3 is 2.73 bits per heavy atom. The first-order valence-corrected chi connectivity index (χ1v) is 5.53. The van der Waals surface area contributed by atoms with Crippen molar-refractivity contribution in [3.05, 3.63) is 59.1 Å². The Hall–Kier alpha value is -1.35. The summed E-state index contributed by atoms with van der Waals surface area (Å²) in [6.07, 6.45) is 7.81. The number of hydrogen-bond acceptors (Lipinski definition) is 1. The molecule has 0 N–H and O–H groups in total. The lowest BCUT2D eigenvalue weighted by Gasteiger charge is -1.97. The van der Waals surface area contributed by atoms with Crippen LogP contribution < -0.4 is 0 Å². The fourth-order valence-corrected chi connectivity index (χ4v) is 1.66. The molecule has 2 nitrogen and oxygen atoms in total. The number of allylic oxidation sites excluding steroid dienone is 1. The number of hydrogen-bond donors (Lipinski definition) is 0. The first kappa shape index (κ1) is 10.2. The third-order valence-electron chi connectivity index (χ3n) is 2.07. The van der Waals surface area contributed by atoms with Crippen LogP contribution in [0.25, 0.3) is 6.08 Å². The Kier molecular flexibility index (Phi) is 3.35. The summed E-state index contributed by atoms with van der Waals surface area (Å²) < 4.78 is 3.03. The first-order valence-electron chi connectivity index (χ1n) is 4.73. The molecule has 0 bridgehead atoms. The maximum atomic E-state index is 4.03. The summed E-state index contributed by atoms with van der Waals surface area (Å²) in [5.74, 6) is 0. The van der Waals surface area contributed by atoms with Gasteiger partial charge in [0.05, 0.1) is 12.5 Å². The van der Waals surface area contributed by atoms with Crippen LogP contribution in [0.4, 0.5) is 0 Å². The predicted molar refractivity (Wildman–Crippen MR) is 65.4 cm³/mol. The van der Waals surface area contributed by atoms with E-state index >= 15 is 0 Å². The Bertz CT molecular complexity index is 446. The Labute approximate surface area is 97.4 Å². The Morgan fingerprint density at radius 2 is 2.07 bits per heavy atom. The minimum atomic E-state index is 0.829. The molecule has 15 heavy (non-hydrogen) atoms. The van der Waals surface area contributed by atoms with Crippen LogP contribution in [0.15, 0.2) is 53.5 Å². The lowest BCUT2D eigenvalue weighted by Crippen LogP contribution is -1.91. The number of aromatic nitrogens is 2. The van der Waals surface area contributed by atoms with E-state index in [4.69, 9.17) is 0 Å². The molecule has 0 unspecified atom stereocenters. The maximum absolute atomic E-state index is 4.03. The maximum Gasteiger partial charge on any atom is 0.105 e. The highest BCUT2D eigenvalue weighted by Gasteiger charge is 1.93. The standard InChI is InChI=1S/C12H11BrN2/c13-12-9-14-10-15(12)8-4-7-11-5-2-1-3-6-11/h1-7,9-10H,8H2/b7-4+. The highest BCUT2D eigenvalue weighted by Crippen LogP contribution is 2.08. The van der Waals surface area contributed by atoms with Crippen LogP contribution in [0.1, 0.15) is 5.56 Å². The fraction of sp³-hybridized carbons (Fsp3) is 0.0833. The van der Waals surface area contributed by atoms with Crippen LogP contribution in [0.3, 0.4) is 0 Å². The highest BCUT2D eigenvalue weighted by molar-refractivity contribution is 9.10.